The van der Waals surface area contributed by atoms with Gasteiger partial charge in [0.05, 0.1) is 0 Å². The molecule has 0 aromatic rings. The molecule has 0 saturated carbocycles. The van der Waals surface area contributed by atoms with Crippen LogP contribution in [0.5, 0.6) is 0 Å². The smallest absolute Gasteiger partial charge is 0.0369 e. The molecule has 2 fully saturated rings. The van der Waals surface area contributed by atoms with E-state index in [4.69, 9.17) is 0 Å². The number of fused-ring (bicyclic) bond motifs is 1. The van der Waals surface area contributed by atoms with Gasteiger partial charge in [-0.05, 0) is 38.8 Å². The van der Waals surface area contributed by atoms with Crippen molar-refractivity contribution in [3.8, 4) is 0 Å². The van der Waals surface area contributed by atoms with E-state index in [1.807, 2.05) is 0 Å². The molecule has 0 aliphatic carbocycles. The van der Waals surface area contributed by atoms with Crippen molar-refractivity contribution in [2.75, 3.05) is 26.7 Å². The van der Waals surface area contributed by atoms with Crippen LogP contribution in [-0.2, 0) is 0 Å². The van der Waals surface area contributed by atoms with Gasteiger partial charge in [0.2, 0.25) is 0 Å². The molecule has 2 saturated heterocycles. The number of likely N-dealkylation sites (N-methyl/N-ethyl adjacent to an activating group) is 1. The molecule has 3 heteroatoms. The lowest BCUT2D eigenvalue weighted by atomic mass is 9.68. The summed E-state index contributed by atoms with van der Waals surface area (Å²) in [5.41, 5.74) is 0.855. The molecule has 2 nitrogen and oxygen atoms in total. The molecular formula is C10H20N2S. The van der Waals surface area contributed by atoms with Crippen LogP contribution in [0.2, 0.25) is 0 Å². The lowest BCUT2D eigenvalue weighted by Gasteiger charge is -2.50. The highest BCUT2D eigenvalue weighted by Gasteiger charge is 2.54. The molecule has 0 aromatic carbocycles. The Kier molecular flexibility index (Phi) is 2.17. The van der Waals surface area contributed by atoms with E-state index in [1.54, 1.807) is 0 Å². The van der Waals surface area contributed by atoms with Crippen LogP contribution in [0.25, 0.3) is 0 Å². The normalized spacial score (nSPS) is 48.0. The van der Waals surface area contributed by atoms with Crippen molar-refractivity contribution >= 4 is 12.8 Å². The maximum Gasteiger partial charge on any atom is 0.0369 e. The van der Waals surface area contributed by atoms with Gasteiger partial charge in [-0.3, -0.25) is 9.21 Å². The summed E-state index contributed by atoms with van der Waals surface area (Å²) in [6, 6.07) is 0. The number of likely N-dealkylation sites (tertiary alicyclic amines) is 1. The minimum atomic E-state index is 0.340. The first kappa shape index (κ1) is 9.81. The molecule has 0 spiro atoms. The second kappa shape index (κ2) is 2.88. The standard InChI is InChI=1S/C10H20N2S/c1-9-4-6-11(3)10(9,2)8-12(13)7-5-9/h13H,4-8H2,1-3H3/t9?,10-/m1/s1. The van der Waals surface area contributed by atoms with Gasteiger partial charge in [-0.2, -0.15) is 0 Å². The van der Waals surface area contributed by atoms with Crippen molar-refractivity contribution in [1.82, 2.24) is 9.21 Å². The summed E-state index contributed by atoms with van der Waals surface area (Å²) >= 11 is 4.48. The molecule has 2 rings (SSSR count). The Morgan fingerprint density at radius 2 is 1.77 bits per heavy atom. The van der Waals surface area contributed by atoms with E-state index in [-0.39, 0.29) is 0 Å². The van der Waals surface area contributed by atoms with Crippen LogP contribution in [0.3, 0.4) is 0 Å². The van der Waals surface area contributed by atoms with Gasteiger partial charge in [-0.25, -0.2) is 0 Å². The number of hydrogen-bond acceptors (Lipinski definition) is 3. The zero-order valence-corrected chi connectivity index (χ0v) is 9.77. The van der Waals surface area contributed by atoms with Crippen LogP contribution >= 0.6 is 12.8 Å². The Morgan fingerprint density at radius 3 is 2.46 bits per heavy atom. The fraction of sp³-hybridized carbons (Fsp3) is 1.00. The summed E-state index contributed by atoms with van der Waals surface area (Å²) in [5.74, 6) is 0. The van der Waals surface area contributed by atoms with Crippen molar-refractivity contribution < 1.29 is 0 Å². The average Bonchev–Trinajstić information content (AvgIpc) is 2.28. The fourth-order valence-corrected chi connectivity index (χ4v) is 3.28. The zero-order valence-electron chi connectivity index (χ0n) is 8.88. The molecule has 76 valence electrons. The molecule has 1 unspecified atom stereocenters. The number of piperidine rings is 1. The monoisotopic (exact) mass is 200 g/mol. The van der Waals surface area contributed by atoms with Crippen molar-refractivity contribution in [1.29, 1.82) is 0 Å². The van der Waals surface area contributed by atoms with Gasteiger partial charge < -0.3 is 0 Å². The Hall–Kier alpha value is 0.270. The van der Waals surface area contributed by atoms with Gasteiger partial charge in [0.1, 0.15) is 0 Å². The SMILES string of the molecule is CN1CCC2(C)CCN(S)C[C@@]12C. The Morgan fingerprint density at radius 1 is 1.15 bits per heavy atom. The highest BCUT2D eigenvalue weighted by molar-refractivity contribution is 7.77. The van der Waals surface area contributed by atoms with Crippen LogP contribution in [-0.4, -0.2) is 41.4 Å². The maximum absolute atomic E-state index is 4.48. The van der Waals surface area contributed by atoms with Crippen LogP contribution < -0.4 is 0 Å². The Bertz CT molecular complexity index is 221. The van der Waals surface area contributed by atoms with E-state index in [0.717, 1.165) is 13.1 Å². The molecule has 0 N–H and O–H groups in total. The quantitative estimate of drug-likeness (QED) is 0.594. The third-order valence-electron chi connectivity index (χ3n) is 4.55. The molecule has 0 bridgehead atoms. The van der Waals surface area contributed by atoms with Crippen molar-refractivity contribution in [3.63, 3.8) is 0 Å². The van der Waals surface area contributed by atoms with Crippen molar-refractivity contribution in [2.24, 2.45) is 5.41 Å². The molecule has 2 aliphatic heterocycles. The van der Waals surface area contributed by atoms with E-state index in [1.165, 1.54) is 19.4 Å². The van der Waals surface area contributed by atoms with Crippen LogP contribution in [0.15, 0.2) is 0 Å². The predicted octanol–water partition coefficient (Wildman–Crippen LogP) is 1.64. The largest absolute Gasteiger partial charge is 0.299 e. The summed E-state index contributed by atoms with van der Waals surface area (Å²) < 4.78 is 2.17. The number of nitrogens with zero attached hydrogens (tertiary/aromatic N) is 2. The third kappa shape index (κ3) is 1.24. The molecule has 0 aromatic heterocycles. The second-order valence-corrected chi connectivity index (χ2v) is 5.71. The summed E-state index contributed by atoms with van der Waals surface area (Å²) in [4.78, 5) is 2.51. The number of thiol groups is 1. The van der Waals surface area contributed by atoms with Crippen LogP contribution in [0, 0.1) is 5.41 Å². The number of rotatable bonds is 0. The highest BCUT2D eigenvalue weighted by Crippen LogP contribution is 2.50. The third-order valence-corrected chi connectivity index (χ3v) is 4.90. The van der Waals surface area contributed by atoms with E-state index in [0.29, 0.717) is 11.0 Å². The van der Waals surface area contributed by atoms with Gasteiger partial charge in [0, 0.05) is 18.6 Å². The van der Waals surface area contributed by atoms with Gasteiger partial charge in [-0.15, -0.1) is 0 Å². The first-order valence-electron chi connectivity index (χ1n) is 5.13. The molecule has 2 aliphatic rings. The highest BCUT2D eigenvalue weighted by atomic mass is 32.1. The van der Waals surface area contributed by atoms with E-state index in [2.05, 4.69) is 42.9 Å². The minimum absolute atomic E-state index is 0.340. The molecule has 0 radical (unpaired) electrons. The average molecular weight is 200 g/mol. The first-order valence-corrected chi connectivity index (χ1v) is 5.53. The lowest BCUT2D eigenvalue weighted by molar-refractivity contribution is 0.0224. The van der Waals surface area contributed by atoms with Gasteiger partial charge in [0.25, 0.3) is 0 Å². The van der Waals surface area contributed by atoms with Gasteiger partial charge in [0.15, 0.2) is 0 Å². The lowest BCUT2D eigenvalue weighted by Crippen LogP contribution is -2.58. The molecule has 0 amide bonds. The van der Waals surface area contributed by atoms with Crippen molar-refractivity contribution in [2.45, 2.75) is 32.2 Å². The first-order chi connectivity index (χ1) is 5.98. The Balaban J connectivity index is 2.28. The molecule has 13 heavy (non-hydrogen) atoms. The summed E-state index contributed by atoms with van der Waals surface area (Å²) in [6.45, 7) is 8.32. The summed E-state index contributed by atoms with van der Waals surface area (Å²) in [6.07, 6.45) is 2.64. The topological polar surface area (TPSA) is 6.48 Å². The van der Waals surface area contributed by atoms with E-state index in [9.17, 15) is 0 Å². The zero-order chi connectivity index (χ0) is 9.69. The maximum atomic E-state index is 4.48. The van der Waals surface area contributed by atoms with Crippen LogP contribution in [0.1, 0.15) is 26.7 Å². The van der Waals surface area contributed by atoms with E-state index >= 15 is 0 Å². The summed E-state index contributed by atoms with van der Waals surface area (Å²) in [5, 5.41) is 0. The predicted molar refractivity (Wildman–Crippen MR) is 58.9 cm³/mol. The number of hydrogen-bond donors (Lipinski definition) is 1. The minimum Gasteiger partial charge on any atom is -0.299 e. The van der Waals surface area contributed by atoms with E-state index < -0.39 is 0 Å². The van der Waals surface area contributed by atoms with Gasteiger partial charge >= 0.3 is 0 Å². The van der Waals surface area contributed by atoms with Crippen molar-refractivity contribution in [3.05, 3.63) is 0 Å². The fourth-order valence-electron chi connectivity index (χ4n) is 2.91. The van der Waals surface area contributed by atoms with Crippen LogP contribution in [0.4, 0.5) is 0 Å². The molecule has 2 atom stereocenters. The molecular weight excluding hydrogens is 180 g/mol. The van der Waals surface area contributed by atoms with Gasteiger partial charge in [-0.1, -0.05) is 19.7 Å². The Labute approximate surface area is 86.8 Å². The second-order valence-electron chi connectivity index (χ2n) is 5.14. The molecule has 2 heterocycles. The summed E-state index contributed by atoms with van der Waals surface area (Å²) in [7, 11) is 2.25.